The van der Waals surface area contributed by atoms with Crippen molar-refractivity contribution in [2.45, 2.75) is 19.9 Å². The monoisotopic (exact) mass is 237 g/mol. The van der Waals surface area contributed by atoms with Gasteiger partial charge in [0.25, 0.3) is 0 Å². The number of ether oxygens (including phenoxy) is 2. The van der Waals surface area contributed by atoms with Gasteiger partial charge in [-0.3, -0.25) is 0 Å². The molecule has 1 aliphatic rings. The van der Waals surface area contributed by atoms with Gasteiger partial charge in [-0.15, -0.1) is 0 Å². The summed E-state index contributed by atoms with van der Waals surface area (Å²) in [6.07, 6.45) is 0.806. The average molecular weight is 237 g/mol. The van der Waals surface area contributed by atoms with Crippen LogP contribution in [0.4, 0.5) is 0 Å². The Morgan fingerprint density at radius 2 is 2.00 bits per heavy atom. The number of aryl methyl sites for hydroxylation is 1. The number of aliphatic hydroxyl groups is 1. The number of hydrogen-bond acceptors (Lipinski definition) is 4. The number of aliphatic hydroxyl groups excluding tert-OH is 1. The highest BCUT2D eigenvalue weighted by Crippen LogP contribution is 2.34. The molecule has 0 atom stereocenters. The third-order valence-corrected chi connectivity index (χ3v) is 2.97. The smallest absolute Gasteiger partial charge is 0.231 e. The van der Waals surface area contributed by atoms with Crippen molar-refractivity contribution in [3.63, 3.8) is 0 Å². The summed E-state index contributed by atoms with van der Waals surface area (Å²) in [7, 11) is 2.06. The van der Waals surface area contributed by atoms with Gasteiger partial charge in [-0.2, -0.15) is 0 Å². The van der Waals surface area contributed by atoms with Crippen LogP contribution in [0.1, 0.15) is 17.5 Å². The van der Waals surface area contributed by atoms with E-state index in [1.54, 1.807) is 0 Å². The zero-order valence-corrected chi connectivity index (χ0v) is 10.4. The second-order valence-corrected chi connectivity index (χ2v) is 4.45. The molecule has 1 aromatic carbocycles. The van der Waals surface area contributed by atoms with Gasteiger partial charge in [0.2, 0.25) is 6.79 Å². The maximum Gasteiger partial charge on any atom is 0.231 e. The molecule has 0 fully saturated rings. The Morgan fingerprint density at radius 1 is 1.29 bits per heavy atom. The lowest BCUT2D eigenvalue weighted by Gasteiger charge is -2.17. The van der Waals surface area contributed by atoms with Gasteiger partial charge in [0.05, 0.1) is 0 Å². The minimum Gasteiger partial charge on any atom is -0.454 e. The molecule has 1 N–H and O–H groups in total. The highest BCUT2D eigenvalue weighted by atomic mass is 16.7. The largest absolute Gasteiger partial charge is 0.454 e. The molecule has 2 rings (SSSR count). The molecule has 4 nitrogen and oxygen atoms in total. The first-order chi connectivity index (χ1) is 8.20. The molecule has 0 aliphatic carbocycles. The molecule has 0 saturated heterocycles. The van der Waals surface area contributed by atoms with Crippen LogP contribution in [-0.4, -0.2) is 37.0 Å². The van der Waals surface area contributed by atoms with E-state index in [0.717, 1.165) is 31.0 Å². The summed E-state index contributed by atoms with van der Waals surface area (Å²) < 4.78 is 10.7. The van der Waals surface area contributed by atoms with Crippen LogP contribution in [0, 0.1) is 6.92 Å². The second-order valence-electron chi connectivity index (χ2n) is 4.45. The summed E-state index contributed by atoms with van der Waals surface area (Å²) in [6.45, 7) is 4.40. The van der Waals surface area contributed by atoms with Crippen molar-refractivity contribution >= 4 is 0 Å². The van der Waals surface area contributed by atoms with Crippen molar-refractivity contribution < 1.29 is 14.6 Å². The van der Waals surface area contributed by atoms with Crippen LogP contribution in [0.2, 0.25) is 0 Å². The third kappa shape index (κ3) is 2.90. The van der Waals surface area contributed by atoms with Crippen molar-refractivity contribution in [2.75, 3.05) is 27.0 Å². The van der Waals surface area contributed by atoms with E-state index in [4.69, 9.17) is 14.6 Å². The summed E-state index contributed by atoms with van der Waals surface area (Å²) in [6, 6.07) is 4.07. The first-order valence-corrected chi connectivity index (χ1v) is 5.89. The highest BCUT2D eigenvalue weighted by Gasteiger charge is 2.16. The van der Waals surface area contributed by atoms with Gasteiger partial charge in [-0.1, -0.05) is 0 Å². The Bertz CT molecular complexity index is 392. The first kappa shape index (κ1) is 12.2. The predicted octanol–water partition coefficient (Wildman–Crippen LogP) is 1.54. The van der Waals surface area contributed by atoms with E-state index in [9.17, 15) is 0 Å². The molecule has 0 saturated carbocycles. The molecule has 1 aliphatic heterocycles. The lowest BCUT2D eigenvalue weighted by Crippen LogP contribution is -2.20. The molecule has 0 unspecified atom stereocenters. The van der Waals surface area contributed by atoms with Crippen LogP contribution < -0.4 is 9.47 Å². The minimum absolute atomic E-state index is 0.241. The normalized spacial score (nSPS) is 13.4. The van der Waals surface area contributed by atoms with Crippen molar-refractivity contribution in [1.29, 1.82) is 0 Å². The lowest BCUT2D eigenvalue weighted by molar-refractivity contribution is 0.174. The van der Waals surface area contributed by atoms with E-state index in [1.165, 1.54) is 11.1 Å². The van der Waals surface area contributed by atoms with E-state index in [0.29, 0.717) is 6.79 Å². The maximum absolute atomic E-state index is 8.80. The Balaban J connectivity index is 2.05. The minimum atomic E-state index is 0.241. The highest BCUT2D eigenvalue weighted by molar-refractivity contribution is 5.48. The van der Waals surface area contributed by atoms with Crippen LogP contribution in [0.15, 0.2) is 12.1 Å². The standard InChI is InChI=1S/C13H19NO3/c1-10-6-12-13(17-9-16-12)7-11(10)8-14(2)4-3-5-15/h6-7,15H,3-5,8-9H2,1-2H3. The molecule has 0 bridgehead atoms. The first-order valence-electron chi connectivity index (χ1n) is 5.89. The predicted molar refractivity (Wildman–Crippen MR) is 65.3 cm³/mol. The summed E-state index contributed by atoms with van der Waals surface area (Å²) in [5.41, 5.74) is 2.46. The fourth-order valence-corrected chi connectivity index (χ4v) is 1.97. The Kier molecular flexibility index (Phi) is 3.86. The van der Waals surface area contributed by atoms with Crippen molar-refractivity contribution in [2.24, 2.45) is 0 Å². The van der Waals surface area contributed by atoms with Gasteiger partial charge < -0.3 is 19.5 Å². The summed E-state index contributed by atoms with van der Waals surface area (Å²) >= 11 is 0. The zero-order chi connectivity index (χ0) is 12.3. The van der Waals surface area contributed by atoms with Gasteiger partial charge in [0, 0.05) is 19.7 Å². The van der Waals surface area contributed by atoms with E-state index < -0.39 is 0 Å². The van der Waals surface area contributed by atoms with Crippen LogP contribution >= 0.6 is 0 Å². The van der Waals surface area contributed by atoms with Gasteiger partial charge in [0.1, 0.15) is 0 Å². The number of fused-ring (bicyclic) bond motifs is 1. The molecule has 0 spiro atoms. The quantitative estimate of drug-likeness (QED) is 0.843. The van der Waals surface area contributed by atoms with E-state index in [1.807, 2.05) is 12.1 Å². The Morgan fingerprint density at radius 3 is 2.71 bits per heavy atom. The number of benzene rings is 1. The van der Waals surface area contributed by atoms with E-state index in [2.05, 4.69) is 18.9 Å². The Labute approximate surface area is 102 Å². The molecule has 94 valence electrons. The van der Waals surface area contributed by atoms with Gasteiger partial charge in [0.15, 0.2) is 11.5 Å². The van der Waals surface area contributed by atoms with Gasteiger partial charge >= 0.3 is 0 Å². The molecule has 0 amide bonds. The molecule has 1 heterocycles. The summed E-state index contributed by atoms with van der Waals surface area (Å²) in [5.74, 6) is 1.67. The summed E-state index contributed by atoms with van der Waals surface area (Å²) in [4.78, 5) is 2.20. The van der Waals surface area contributed by atoms with Crippen LogP contribution in [0.3, 0.4) is 0 Å². The molecule has 0 radical (unpaired) electrons. The second kappa shape index (κ2) is 5.38. The van der Waals surface area contributed by atoms with E-state index >= 15 is 0 Å². The molecule has 1 aromatic rings. The summed E-state index contributed by atoms with van der Waals surface area (Å²) in [5, 5.41) is 8.80. The van der Waals surface area contributed by atoms with Crippen molar-refractivity contribution in [3.05, 3.63) is 23.3 Å². The van der Waals surface area contributed by atoms with Gasteiger partial charge in [-0.05, 0) is 43.7 Å². The zero-order valence-electron chi connectivity index (χ0n) is 10.4. The molecule has 17 heavy (non-hydrogen) atoms. The molecular formula is C13H19NO3. The molecule has 0 aromatic heterocycles. The van der Waals surface area contributed by atoms with Crippen LogP contribution in [0.25, 0.3) is 0 Å². The molecular weight excluding hydrogens is 218 g/mol. The van der Waals surface area contributed by atoms with E-state index in [-0.39, 0.29) is 6.61 Å². The lowest BCUT2D eigenvalue weighted by atomic mass is 10.1. The van der Waals surface area contributed by atoms with Gasteiger partial charge in [-0.25, -0.2) is 0 Å². The topological polar surface area (TPSA) is 41.9 Å². The fraction of sp³-hybridized carbons (Fsp3) is 0.538. The Hall–Kier alpha value is -1.26. The van der Waals surface area contributed by atoms with Crippen molar-refractivity contribution in [1.82, 2.24) is 4.90 Å². The molecule has 4 heteroatoms. The average Bonchev–Trinajstić information content (AvgIpc) is 2.74. The fourth-order valence-electron chi connectivity index (χ4n) is 1.97. The number of nitrogens with zero attached hydrogens (tertiary/aromatic N) is 1. The van der Waals surface area contributed by atoms with Crippen LogP contribution in [0.5, 0.6) is 11.5 Å². The van der Waals surface area contributed by atoms with Crippen LogP contribution in [-0.2, 0) is 6.54 Å². The number of rotatable bonds is 5. The number of hydrogen-bond donors (Lipinski definition) is 1. The SMILES string of the molecule is Cc1cc2c(cc1CN(C)CCCO)OCO2. The van der Waals surface area contributed by atoms with Crippen molar-refractivity contribution in [3.8, 4) is 11.5 Å². The third-order valence-electron chi connectivity index (χ3n) is 2.97. The maximum atomic E-state index is 8.80.